The summed E-state index contributed by atoms with van der Waals surface area (Å²) in [7, 11) is 0. The molecule has 0 radical (unpaired) electrons. The molecular formula is C10H16O5. The lowest BCUT2D eigenvalue weighted by Crippen LogP contribution is -2.24. The molecule has 86 valence electrons. The highest BCUT2D eigenvalue weighted by Crippen LogP contribution is 2.21. The van der Waals surface area contributed by atoms with E-state index in [1.807, 2.05) is 0 Å². The van der Waals surface area contributed by atoms with Crippen LogP contribution in [0.3, 0.4) is 0 Å². The van der Waals surface area contributed by atoms with Crippen molar-refractivity contribution in [3.63, 3.8) is 0 Å². The maximum atomic E-state index is 10.8. The summed E-state index contributed by atoms with van der Waals surface area (Å²) in [5.74, 6) is -1.71. The van der Waals surface area contributed by atoms with E-state index in [0.29, 0.717) is 0 Å². The average Bonchev–Trinajstić information content (AvgIpc) is 2.09. The Labute approximate surface area is 88.4 Å². The third-order valence-corrected chi connectivity index (χ3v) is 1.70. The fraction of sp³-hybridized carbons (Fsp3) is 0.600. The standard InChI is InChI=1S/C8H10O4.C2H6O/c9-7(10)4-5-8(11)12-6-2-1-3-6;1-2-3/h4-6H,1-3H2,(H,9,10);3H,2H2,1H3/b5-4-;. The lowest BCUT2D eigenvalue weighted by molar-refractivity contribution is -0.147. The Balaban J connectivity index is 0.000000583. The Morgan fingerprint density at radius 2 is 1.93 bits per heavy atom. The van der Waals surface area contributed by atoms with Crippen molar-refractivity contribution in [3.05, 3.63) is 12.2 Å². The number of hydrogen-bond acceptors (Lipinski definition) is 4. The first-order valence-corrected chi connectivity index (χ1v) is 4.82. The van der Waals surface area contributed by atoms with Gasteiger partial charge in [0.25, 0.3) is 0 Å². The van der Waals surface area contributed by atoms with E-state index < -0.39 is 11.9 Å². The molecule has 1 fully saturated rings. The first kappa shape index (κ1) is 13.6. The summed E-state index contributed by atoms with van der Waals surface area (Å²) >= 11 is 0. The van der Waals surface area contributed by atoms with Gasteiger partial charge in [-0.25, -0.2) is 9.59 Å². The molecule has 1 aliphatic carbocycles. The molecule has 0 aromatic rings. The molecule has 0 aliphatic heterocycles. The number of esters is 1. The predicted molar refractivity (Wildman–Crippen MR) is 53.3 cm³/mol. The van der Waals surface area contributed by atoms with Crippen LogP contribution in [0.25, 0.3) is 0 Å². The van der Waals surface area contributed by atoms with Crippen molar-refractivity contribution in [3.8, 4) is 0 Å². The Morgan fingerprint density at radius 1 is 1.40 bits per heavy atom. The van der Waals surface area contributed by atoms with Gasteiger partial charge in [-0.15, -0.1) is 0 Å². The van der Waals surface area contributed by atoms with Crippen LogP contribution in [0.1, 0.15) is 26.2 Å². The van der Waals surface area contributed by atoms with E-state index in [9.17, 15) is 9.59 Å². The molecule has 2 N–H and O–H groups in total. The number of carbonyl (C=O) groups excluding carboxylic acids is 1. The summed E-state index contributed by atoms with van der Waals surface area (Å²) in [5.41, 5.74) is 0. The summed E-state index contributed by atoms with van der Waals surface area (Å²) < 4.78 is 4.85. The van der Waals surface area contributed by atoms with Crippen molar-refractivity contribution in [2.24, 2.45) is 0 Å². The van der Waals surface area contributed by atoms with Crippen LogP contribution in [0, 0.1) is 0 Å². The van der Waals surface area contributed by atoms with Crippen molar-refractivity contribution >= 4 is 11.9 Å². The minimum absolute atomic E-state index is 0.0101. The number of ether oxygens (including phenoxy) is 1. The van der Waals surface area contributed by atoms with Crippen LogP contribution in [0.4, 0.5) is 0 Å². The zero-order chi connectivity index (χ0) is 11.7. The van der Waals surface area contributed by atoms with Gasteiger partial charge in [0.2, 0.25) is 0 Å². The Morgan fingerprint density at radius 3 is 2.27 bits per heavy atom. The number of carboxylic acids is 1. The van der Waals surface area contributed by atoms with Gasteiger partial charge in [-0.2, -0.15) is 0 Å². The fourth-order valence-electron chi connectivity index (χ4n) is 0.832. The zero-order valence-electron chi connectivity index (χ0n) is 8.68. The molecule has 5 heteroatoms. The topological polar surface area (TPSA) is 83.8 Å². The molecule has 1 aliphatic rings. The molecule has 0 saturated heterocycles. The third-order valence-electron chi connectivity index (χ3n) is 1.70. The molecule has 0 unspecified atom stereocenters. The second-order valence-electron chi connectivity index (χ2n) is 2.98. The average molecular weight is 216 g/mol. The number of aliphatic carboxylic acids is 1. The lowest BCUT2D eigenvalue weighted by Gasteiger charge is -2.24. The summed E-state index contributed by atoms with van der Waals surface area (Å²) in [6, 6.07) is 0. The smallest absolute Gasteiger partial charge is 0.331 e. The van der Waals surface area contributed by atoms with E-state index in [1.165, 1.54) is 0 Å². The van der Waals surface area contributed by atoms with Crippen LogP contribution in [0.2, 0.25) is 0 Å². The van der Waals surface area contributed by atoms with E-state index in [0.717, 1.165) is 31.4 Å². The van der Waals surface area contributed by atoms with Crippen molar-refractivity contribution in [1.29, 1.82) is 0 Å². The van der Waals surface area contributed by atoms with Gasteiger partial charge in [0, 0.05) is 18.8 Å². The number of hydrogen-bond donors (Lipinski definition) is 2. The fourth-order valence-corrected chi connectivity index (χ4v) is 0.832. The number of carboxylic acid groups (broad SMARTS) is 1. The van der Waals surface area contributed by atoms with Gasteiger partial charge in [0.1, 0.15) is 6.10 Å². The molecule has 1 rings (SSSR count). The highest BCUT2D eigenvalue weighted by Gasteiger charge is 2.20. The van der Waals surface area contributed by atoms with E-state index in [1.54, 1.807) is 6.92 Å². The van der Waals surface area contributed by atoms with E-state index in [2.05, 4.69) is 0 Å². The summed E-state index contributed by atoms with van der Waals surface area (Å²) in [6.45, 7) is 1.93. The van der Waals surface area contributed by atoms with Gasteiger partial charge in [0.05, 0.1) is 0 Å². The number of carbonyl (C=O) groups is 2. The summed E-state index contributed by atoms with van der Waals surface area (Å²) in [4.78, 5) is 20.8. The Hall–Kier alpha value is -1.36. The van der Waals surface area contributed by atoms with E-state index in [-0.39, 0.29) is 12.7 Å². The van der Waals surface area contributed by atoms with Gasteiger partial charge in [-0.1, -0.05) is 0 Å². The largest absolute Gasteiger partial charge is 0.478 e. The second kappa shape index (κ2) is 7.99. The molecule has 15 heavy (non-hydrogen) atoms. The van der Waals surface area contributed by atoms with Gasteiger partial charge >= 0.3 is 11.9 Å². The van der Waals surface area contributed by atoms with Crippen LogP contribution in [0.5, 0.6) is 0 Å². The van der Waals surface area contributed by atoms with Crippen molar-refractivity contribution in [2.45, 2.75) is 32.3 Å². The quantitative estimate of drug-likeness (QED) is 0.536. The van der Waals surface area contributed by atoms with E-state index >= 15 is 0 Å². The lowest BCUT2D eigenvalue weighted by atomic mass is 9.96. The van der Waals surface area contributed by atoms with Crippen molar-refractivity contribution < 1.29 is 24.5 Å². The normalized spacial score (nSPS) is 15.1. The Bertz CT molecular complexity index is 230. The summed E-state index contributed by atoms with van der Waals surface area (Å²) in [5, 5.41) is 15.7. The van der Waals surface area contributed by atoms with Gasteiger partial charge in [0.15, 0.2) is 0 Å². The van der Waals surface area contributed by atoms with Crippen LogP contribution in [0.15, 0.2) is 12.2 Å². The van der Waals surface area contributed by atoms with Gasteiger partial charge < -0.3 is 14.9 Å². The highest BCUT2D eigenvalue weighted by atomic mass is 16.5. The molecule has 1 saturated carbocycles. The highest BCUT2D eigenvalue weighted by molar-refractivity contribution is 5.90. The number of aliphatic hydroxyl groups is 1. The predicted octanol–water partition coefficient (Wildman–Crippen LogP) is 0.721. The number of aliphatic hydroxyl groups excluding tert-OH is 1. The molecule has 0 spiro atoms. The number of rotatable bonds is 3. The molecule has 0 heterocycles. The van der Waals surface area contributed by atoms with Gasteiger partial charge in [-0.05, 0) is 26.2 Å². The minimum Gasteiger partial charge on any atom is -0.478 e. The molecule has 0 atom stereocenters. The van der Waals surface area contributed by atoms with E-state index in [4.69, 9.17) is 14.9 Å². The molecule has 0 aromatic carbocycles. The first-order valence-electron chi connectivity index (χ1n) is 4.82. The third kappa shape index (κ3) is 7.69. The molecule has 5 nitrogen and oxygen atoms in total. The molecule has 0 amide bonds. The maximum Gasteiger partial charge on any atom is 0.331 e. The van der Waals surface area contributed by atoms with Crippen molar-refractivity contribution in [2.75, 3.05) is 6.61 Å². The SMILES string of the molecule is CCO.O=C(O)/C=C\C(=O)OC1CCC1. The van der Waals surface area contributed by atoms with Crippen LogP contribution >= 0.6 is 0 Å². The zero-order valence-corrected chi connectivity index (χ0v) is 8.68. The first-order chi connectivity index (χ1) is 7.10. The molecule has 0 aromatic heterocycles. The maximum absolute atomic E-state index is 10.8. The van der Waals surface area contributed by atoms with Crippen molar-refractivity contribution in [1.82, 2.24) is 0 Å². The second-order valence-corrected chi connectivity index (χ2v) is 2.98. The monoisotopic (exact) mass is 216 g/mol. The minimum atomic E-state index is -1.14. The van der Waals surface area contributed by atoms with Gasteiger partial charge in [-0.3, -0.25) is 0 Å². The summed E-state index contributed by atoms with van der Waals surface area (Å²) in [6.07, 6.45) is 4.60. The van der Waals surface area contributed by atoms with Crippen LogP contribution in [-0.2, 0) is 14.3 Å². The molecule has 0 bridgehead atoms. The van der Waals surface area contributed by atoms with Crippen LogP contribution < -0.4 is 0 Å². The molecular weight excluding hydrogens is 200 g/mol. The Kier molecular flexibility index (Phi) is 7.27. The van der Waals surface area contributed by atoms with Crippen LogP contribution in [-0.4, -0.2) is 34.9 Å².